The average Bonchev–Trinajstić information content (AvgIpc) is 2.94. The highest BCUT2D eigenvalue weighted by Crippen LogP contribution is 2.20. The van der Waals surface area contributed by atoms with Gasteiger partial charge in [0, 0.05) is 19.0 Å². The second-order valence-corrected chi connectivity index (χ2v) is 6.03. The number of hydrogen-bond donors (Lipinski definition) is 1. The number of nitrogens with one attached hydrogen (secondary N) is 1. The molecule has 124 valence electrons. The van der Waals surface area contributed by atoms with Crippen molar-refractivity contribution in [3.8, 4) is 0 Å². The van der Waals surface area contributed by atoms with Gasteiger partial charge in [0.15, 0.2) is 0 Å². The third-order valence-electron chi connectivity index (χ3n) is 4.32. The van der Waals surface area contributed by atoms with Crippen molar-refractivity contribution >= 4 is 18.3 Å². The van der Waals surface area contributed by atoms with Crippen LogP contribution in [0.5, 0.6) is 0 Å². The number of amides is 1. The van der Waals surface area contributed by atoms with E-state index in [0.29, 0.717) is 24.3 Å². The Balaban J connectivity index is 0.00000242. The summed E-state index contributed by atoms with van der Waals surface area (Å²) in [6.45, 7) is 4.63. The topological polar surface area (TPSA) is 32.3 Å². The standard InChI is InChI=1S/C17H25FN2O.ClH/c1-13(7-8-15-5-3-4-6-16(15)18)17(21)20-10-9-14(12-20)11-19-2;/h3-6,13-14,19H,7-12H2,1-2H3;1H. The van der Waals surface area contributed by atoms with Gasteiger partial charge in [-0.05, 0) is 50.4 Å². The zero-order chi connectivity index (χ0) is 15.2. The zero-order valence-corrected chi connectivity index (χ0v) is 14.2. The molecule has 5 heteroatoms. The van der Waals surface area contributed by atoms with Crippen molar-refractivity contribution in [2.75, 3.05) is 26.7 Å². The number of halogens is 2. The summed E-state index contributed by atoms with van der Waals surface area (Å²) in [5.41, 5.74) is 0.701. The van der Waals surface area contributed by atoms with Gasteiger partial charge in [-0.2, -0.15) is 0 Å². The lowest BCUT2D eigenvalue weighted by atomic mass is 9.99. The maximum atomic E-state index is 13.6. The number of hydrogen-bond acceptors (Lipinski definition) is 2. The Bertz CT molecular complexity index is 483. The molecule has 2 unspecified atom stereocenters. The van der Waals surface area contributed by atoms with E-state index in [9.17, 15) is 9.18 Å². The van der Waals surface area contributed by atoms with Crippen LogP contribution in [0.3, 0.4) is 0 Å². The van der Waals surface area contributed by atoms with Gasteiger partial charge in [0.05, 0.1) is 0 Å². The van der Waals surface area contributed by atoms with E-state index in [0.717, 1.165) is 26.1 Å². The fraction of sp³-hybridized carbons (Fsp3) is 0.588. The Morgan fingerprint density at radius 1 is 1.45 bits per heavy atom. The second kappa shape index (κ2) is 9.11. The molecule has 1 heterocycles. The highest BCUT2D eigenvalue weighted by Gasteiger charge is 2.28. The summed E-state index contributed by atoms with van der Waals surface area (Å²) >= 11 is 0. The van der Waals surface area contributed by atoms with Crippen molar-refractivity contribution in [2.45, 2.75) is 26.2 Å². The van der Waals surface area contributed by atoms with Gasteiger partial charge in [-0.25, -0.2) is 4.39 Å². The summed E-state index contributed by atoms with van der Waals surface area (Å²) in [4.78, 5) is 14.4. The van der Waals surface area contributed by atoms with E-state index in [1.54, 1.807) is 12.1 Å². The van der Waals surface area contributed by atoms with Crippen LogP contribution in [0.15, 0.2) is 24.3 Å². The predicted molar refractivity (Wildman–Crippen MR) is 89.7 cm³/mol. The Morgan fingerprint density at radius 3 is 2.86 bits per heavy atom. The molecule has 2 rings (SSSR count). The lowest BCUT2D eigenvalue weighted by Gasteiger charge is -2.21. The van der Waals surface area contributed by atoms with Crippen molar-refractivity contribution in [3.63, 3.8) is 0 Å². The fourth-order valence-corrected chi connectivity index (χ4v) is 3.00. The summed E-state index contributed by atoms with van der Waals surface area (Å²) < 4.78 is 13.6. The summed E-state index contributed by atoms with van der Waals surface area (Å²) in [6.07, 6.45) is 2.40. The van der Waals surface area contributed by atoms with Crippen molar-refractivity contribution in [1.29, 1.82) is 0 Å². The molecule has 0 aliphatic carbocycles. The summed E-state index contributed by atoms with van der Waals surface area (Å²) in [6, 6.07) is 6.81. The van der Waals surface area contributed by atoms with Gasteiger partial charge < -0.3 is 10.2 Å². The van der Waals surface area contributed by atoms with Gasteiger partial charge in [-0.1, -0.05) is 25.1 Å². The van der Waals surface area contributed by atoms with Crippen LogP contribution in [-0.4, -0.2) is 37.5 Å². The van der Waals surface area contributed by atoms with E-state index >= 15 is 0 Å². The van der Waals surface area contributed by atoms with Gasteiger partial charge in [0.25, 0.3) is 0 Å². The maximum Gasteiger partial charge on any atom is 0.225 e. The first-order valence-electron chi connectivity index (χ1n) is 7.78. The number of carbonyl (C=O) groups is 1. The fourth-order valence-electron chi connectivity index (χ4n) is 3.00. The Morgan fingerprint density at radius 2 is 2.18 bits per heavy atom. The van der Waals surface area contributed by atoms with Gasteiger partial charge in [0.1, 0.15) is 5.82 Å². The molecule has 1 amide bonds. The highest BCUT2D eigenvalue weighted by molar-refractivity contribution is 5.85. The second-order valence-electron chi connectivity index (χ2n) is 6.03. The Labute approximate surface area is 138 Å². The monoisotopic (exact) mass is 328 g/mol. The summed E-state index contributed by atoms with van der Waals surface area (Å²) in [7, 11) is 1.95. The highest BCUT2D eigenvalue weighted by atomic mass is 35.5. The third kappa shape index (κ3) is 4.96. The molecule has 1 N–H and O–H groups in total. The van der Waals surface area contributed by atoms with Crippen LogP contribution in [0.1, 0.15) is 25.3 Å². The molecule has 1 aromatic carbocycles. The van der Waals surface area contributed by atoms with E-state index in [1.165, 1.54) is 6.07 Å². The van der Waals surface area contributed by atoms with E-state index in [-0.39, 0.29) is 30.0 Å². The zero-order valence-electron chi connectivity index (χ0n) is 13.3. The molecular formula is C17H26ClFN2O. The number of aryl methyl sites for hydroxylation is 1. The van der Waals surface area contributed by atoms with Crippen LogP contribution in [0.25, 0.3) is 0 Å². The minimum Gasteiger partial charge on any atom is -0.342 e. The molecule has 0 radical (unpaired) electrons. The molecule has 1 aliphatic heterocycles. The largest absolute Gasteiger partial charge is 0.342 e. The minimum atomic E-state index is -0.174. The first-order chi connectivity index (χ1) is 10.1. The number of likely N-dealkylation sites (tertiary alicyclic amines) is 1. The van der Waals surface area contributed by atoms with Crippen molar-refractivity contribution in [2.24, 2.45) is 11.8 Å². The van der Waals surface area contributed by atoms with Crippen LogP contribution in [-0.2, 0) is 11.2 Å². The van der Waals surface area contributed by atoms with Crippen molar-refractivity contribution in [3.05, 3.63) is 35.6 Å². The molecule has 0 saturated carbocycles. The molecule has 1 fully saturated rings. The molecule has 3 nitrogen and oxygen atoms in total. The van der Waals surface area contributed by atoms with E-state index < -0.39 is 0 Å². The van der Waals surface area contributed by atoms with Crippen molar-refractivity contribution in [1.82, 2.24) is 10.2 Å². The minimum absolute atomic E-state index is 0. The predicted octanol–water partition coefficient (Wildman–Crippen LogP) is 2.88. The smallest absolute Gasteiger partial charge is 0.225 e. The SMILES string of the molecule is CNCC1CCN(C(=O)C(C)CCc2ccccc2F)C1.Cl. The van der Waals surface area contributed by atoms with Crippen LogP contribution >= 0.6 is 12.4 Å². The molecule has 1 saturated heterocycles. The summed E-state index contributed by atoms with van der Waals surface area (Å²) in [5, 5.41) is 3.17. The lowest BCUT2D eigenvalue weighted by molar-refractivity contribution is -0.134. The first-order valence-corrected chi connectivity index (χ1v) is 7.78. The normalized spacial score (nSPS) is 18.9. The molecule has 0 aromatic heterocycles. The maximum absolute atomic E-state index is 13.6. The molecule has 1 aromatic rings. The number of benzene rings is 1. The van der Waals surface area contributed by atoms with Crippen LogP contribution < -0.4 is 5.32 Å². The molecule has 0 spiro atoms. The number of rotatable bonds is 6. The Kier molecular flexibility index (Phi) is 7.83. The Hall–Kier alpha value is -1.13. The molecule has 22 heavy (non-hydrogen) atoms. The molecule has 1 aliphatic rings. The van der Waals surface area contributed by atoms with Gasteiger partial charge in [-0.15, -0.1) is 12.4 Å². The lowest BCUT2D eigenvalue weighted by Crippen LogP contribution is -2.34. The molecule has 0 bridgehead atoms. The van der Waals surface area contributed by atoms with Crippen LogP contribution in [0.2, 0.25) is 0 Å². The van der Waals surface area contributed by atoms with Gasteiger partial charge >= 0.3 is 0 Å². The first kappa shape index (κ1) is 18.9. The number of carbonyl (C=O) groups excluding carboxylic acids is 1. The van der Waals surface area contributed by atoms with E-state index in [4.69, 9.17) is 0 Å². The quantitative estimate of drug-likeness (QED) is 0.871. The van der Waals surface area contributed by atoms with E-state index in [2.05, 4.69) is 5.32 Å². The summed E-state index contributed by atoms with van der Waals surface area (Å²) in [5.74, 6) is 0.563. The third-order valence-corrected chi connectivity index (χ3v) is 4.32. The number of nitrogens with zero attached hydrogens (tertiary/aromatic N) is 1. The molecule has 2 atom stereocenters. The van der Waals surface area contributed by atoms with Crippen molar-refractivity contribution < 1.29 is 9.18 Å². The van der Waals surface area contributed by atoms with Crippen LogP contribution in [0.4, 0.5) is 4.39 Å². The average molecular weight is 329 g/mol. The van der Waals surface area contributed by atoms with E-state index in [1.807, 2.05) is 24.9 Å². The van der Waals surface area contributed by atoms with Crippen LogP contribution in [0, 0.1) is 17.7 Å². The molecular weight excluding hydrogens is 303 g/mol. The van der Waals surface area contributed by atoms with Gasteiger partial charge in [0.2, 0.25) is 5.91 Å². The van der Waals surface area contributed by atoms with Gasteiger partial charge in [-0.3, -0.25) is 4.79 Å².